The number of aliphatic hydroxyl groups excluding tert-OH is 1. The highest BCUT2D eigenvalue weighted by Gasteiger charge is 2.13. The van der Waals surface area contributed by atoms with Crippen LogP contribution in [0.1, 0.15) is 30.1 Å². The summed E-state index contributed by atoms with van der Waals surface area (Å²) in [4.78, 5) is 11.9. The van der Waals surface area contributed by atoms with Gasteiger partial charge in [-0.2, -0.15) is 0 Å². The van der Waals surface area contributed by atoms with Crippen molar-refractivity contribution in [1.82, 2.24) is 5.32 Å². The summed E-state index contributed by atoms with van der Waals surface area (Å²) >= 11 is 0. The maximum absolute atomic E-state index is 11.9. The van der Waals surface area contributed by atoms with Gasteiger partial charge in [-0.3, -0.25) is 4.79 Å². The third-order valence-electron chi connectivity index (χ3n) is 4.12. The molecule has 6 nitrogen and oxygen atoms in total. The van der Waals surface area contributed by atoms with Crippen molar-refractivity contribution in [3.8, 4) is 17.2 Å². The Morgan fingerprint density at radius 1 is 1.07 bits per heavy atom. The third kappa shape index (κ3) is 6.49. The number of hydrogen-bond acceptors (Lipinski definition) is 5. The fourth-order valence-electron chi connectivity index (χ4n) is 2.53. The highest BCUT2D eigenvalue weighted by Crippen LogP contribution is 2.29. The number of carbonyl (C=O) groups is 1. The molecule has 2 N–H and O–H groups in total. The maximum Gasteiger partial charge on any atom is 0.220 e. The molecule has 0 bridgehead atoms. The van der Waals surface area contributed by atoms with Crippen LogP contribution in [-0.2, 0) is 4.79 Å². The first-order valence-corrected chi connectivity index (χ1v) is 8.89. The van der Waals surface area contributed by atoms with Crippen LogP contribution in [0.4, 0.5) is 0 Å². The Bertz CT molecular complexity index is 730. The molecule has 27 heavy (non-hydrogen) atoms. The van der Waals surface area contributed by atoms with Gasteiger partial charge in [0.25, 0.3) is 0 Å². The Hall–Kier alpha value is -2.73. The predicted molar refractivity (Wildman–Crippen MR) is 103 cm³/mol. The molecule has 2 aromatic carbocycles. The zero-order valence-corrected chi connectivity index (χ0v) is 16.0. The summed E-state index contributed by atoms with van der Waals surface area (Å²) < 4.78 is 16.0. The molecule has 2 aromatic rings. The monoisotopic (exact) mass is 373 g/mol. The summed E-state index contributed by atoms with van der Waals surface area (Å²) in [5.41, 5.74) is 1.82. The minimum Gasteiger partial charge on any atom is -0.494 e. The number of hydrogen-bond donors (Lipinski definition) is 2. The molecule has 1 amide bonds. The second kappa shape index (κ2) is 10.4. The van der Waals surface area contributed by atoms with E-state index >= 15 is 0 Å². The van der Waals surface area contributed by atoms with Gasteiger partial charge in [-0.15, -0.1) is 0 Å². The van der Waals surface area contributed by atoms with Crippen LogP contribution in [0, 0.1) is 6.92 Å². The zero-order chi connectivity index (χ0) is 19.6. The van der Waals surface area contributed by atoms with Crippen molar-refractivity contribution in [2.45, 2.75) is 25.9 Å². The van der Waals surface area contributed by atoms with E-state index in [1.165, 1.54) is 12.7 Å². The highest BCUT2D eigenvalue weighted by molar-refractivity contribution is 5.75. The van der Waals surface area contributed by atoms with E-state index in [1.54, 1.807) is 25.3 Å². The minimum atomic E-state index is -0.822. The molecule has 0 radical (unpaired) electrons. The maximum atomic E-state index is 11.9. The Morgan fingerprint density at radius 3 is 2.44 bits per heavy atom. The largest absolute Gasteiger partial charge is 0.494 e. The summed E-state index contributed by atoms with van der Waals surface area (Å²) in [6.45, 7) is 2.62. The number of carbonyl (C=O) groups excluding carboxylic acids is 1. The van der Waals surface area contributed by atoms with Crippen LogP contribution in [0.25, 0.3) is 0 Å². The van der Waals surface area contributed by atoms with Gasteiger partial charge in [0.15, 0.2) is 11.5 Å². The summed E-state index contributed by atoms with van der Waals surface area (Å²) in [5.74, 6) is 1.80. The molecule has 6 heteroatoms. The van der Waals surface area contributed by atoms with E-state index in [0.717, 1.165) is 5.75 Å². The Kier molecular flexibility index (Phi) is 7.95. The molecule has 0 saturated heterocycles. The second-order valence-corrected chi connectivity index (χ2v) is 6.20. The predicted octanol–water partition coefficient (Wildman–Crippen LogP) is 3.02. The number of rotatable bonds is 10. The smallest absolute Gasteiger partial charge is 0.220 e. The van der Waals surface area contributed by atoms with E-state index in [9.17, 15) is 9.90 Å². The van der Waals surface area contributed by atoms with Gasteiger partial charge in [0.1, 0.15) is 5.75 Å². The Balaban J connectivity index is 1.70. The Labute approximate surface area is 160 Å². The lowest BCUT2D eigenvalue weighted by Crippen LogP contribution is -2.28. The van der Waals surface area contributed by atoms with Crippen LogP contribution in [0.15, 0.2) is 42.5 Å². The van der Waals surface area contributed by atoms with Crippen molar-refractivity contribution in [1.29, 1.82) is 0 Å². The topological polar surface area (TPSA) is 77.0 Å². The van der Waals surface area contributed by atoms with E-state index in [0.29, 0.717) is 36.5 Å². The van der Waals surface area contributed by atoms with E-state index in [4.69, 9.17) is 14.2 Å². The van der Waals surface area contributed by atoms with Gasteiger partial charge in [-0.05, 0) is 43.2 Å². The first-order chi connectivity index (χ1) is 13.0. The molecule has 2 rings (SSSR count). The molecular weight excluding hydrogens is 346 g/mol. The van der Waals surface area contributed by atoms with E-state index in [2.05, 4.69) is 5.32 Å². The van der Waals surface area contributed by atoms with Crippen LogP contribution in [0.5, 0.6) is 17.2 Å². The van der Waals surface area contributed by atoms with Crippen molar-refractivity contribution in [2.75, 3.05) is 27.4 Å². The lowest BCUT2D eigenvalue weighted by molar-refractivity contribution is -0.121. The number of nitrogens with one attached hydrogen (secondary N) is 1. The molecule has 0 aliphatic heterocycles. The summed E-state index contributed by atoms with van der Waals surface area (Å²) in [6, 6.07) is 13.0. The number of aryl methyl sites for hydroxylation is 1. The third-order valence-corrected chi connectivity index (χ3v) is 4.12. The molecular formula is C21H27NO5. The quantitative estimate of drug-likeness (QED) is 0.626. The lowest BCUT2D eigenvalue weighted by Gasteiger charge is -2.15. The van der Waals surface area contributed by atoms with Crippen LogP contribution >= 0.6 is 0 Å². The number of benzene rings is 2. The summed E-state index contributed by atoms with van der Waals surface area (Å²) in [6.07, 6.45) is 0.119. The highest BCUT2D eigenvalue weighted by atomic mass is 16.5. The standard InChI is InChI=1S/C21H27NO5/c1-15-6-9-17(10-7-15)27-12-4-5-21(24)22-14-18(23)16-8-11-19(25-2)20(13-16)26-3/h6-11,13,18,23H,4-5,12,14H2,1-3H3,(H,22,24). The molecule has 0 spiro atoms. The van der Waals surface area contributed by atoms with Gasteiger partial charge in [-0.1, -0.05) is 23.8 Å². The number of methoxy groups -OCH3 is 2. The number of amides is 1. The van der Waals surface area contributed by atoms with Crippen molar-refractivity contribution in [3.05, 3.63) is 53.6 Å². The normalized spacial score (nSPS) is 11.6. The number of aliphatic hydroxyl groups is 1. The molecule has 0 heterocycles. The first-order valence-electron chi connectivity index (χ1n) is 8.89. The van der Waals surface area contributed by atoms with E-state index in [1.807, 2.05) is 31.2 Å². The molecule has 0 fully saturated rings. The van der Waals surface area contributed by atoms with Crippen LogP contribution < -0.4 is 19.5 Å². The molecule has 0 saturated carbocycles. The summed E-state index contributed by atoms with van der Waals surface area (Å²) in [5, 5.41) is 13.0. The molecule has 0 aliphatic carbocycles. The van der Waals surface area contributed by atoms with Crippen LogP contribution in [0.2, 0.25) is 0 Å². The van der Waals surface area contributed by atoms with Gasteiger partial charge in [-0.25, -0.2) is 0 Å². The first kappa shape index (κ1) is 20.6. The fraction of sp³-hybridized carbons (Fsp3) is 0.381. The lowest BCUT2D eigenvalue weighted by atomic mass is 10.1. The van der Waals surface area contributed by atoms with Gasteiger partial charge in [0, 0.05) is 13.0 Å². The molecule has 1 unspecified atom stereocenters. The van der Waals surface area contributed by atoms with Gasteiger partial charge in [0.05, 0.1) is 26.9 Å². The van der Waals surface area contributed by atoms with Crippen molar-refractivity contribution < 1.29 is 24.1 Å². The van der Waals surface area contributed by atoms with Gasteiger partial charge in [0.2, 0.25) is 5.91 Å². The molecule has 0 aliphatic rings. The van der Waals surface area contributed by atoms with Crippen molar-refractivity contribution in [2.24, 2.45) is 0 Å². The van der Waals surface area contributed by atoms with Crippen molar-refractivity contribution >= 4 is 5.91 Å². The van der Waals surface area contributed by atoms with Crippen LogP contribution in [0.3, 0.4) is 0 Å². The average molecular weight is 373 g/mol. The SMILES string of the molecule is COc1ccc(C(O)CNC(=O)CCCOc2ccc(C)cc2)cc1OC. The second-order valence-electron chi connectivity index (χ2n) is 6.20. The minimum absolute atomic E-state index is 0.123. The number of ether oxygens (including phenoxy) is 3. The molecule has 1 atom stereocenters. The summed E-state index contributed by atoms with van der Waals surface area (Å²) in [7, 11) is 3.09. The van der Waals surface area contributed by atoms with Gasteiger partial charge >= 0.3 is 0 Å². The van der Waals surface area contributed by atoms with E-state index < -0.39 is 6.10 Å². The fourth-order valence-corrected chi connectivity index (χ4v) is 2.53. The van der Waals surface area contributed by atoms with E-state index in [-0.39, 0.29) is 12.5 Å². The molecule has 0 aromatic heterocycles. The zero-order valence-electron chi connectivity index (χ0n) is 16.0. The molecule has 146 valence electrons. The Morgan fingerprint density at radius 2 is 1.78 bits per heavy atom. The van der Waals surface area contributed by atoms with Crippen LogP contribution in [-0.4, -0.2) is 38.4 Å². The van der Waals surface area contributed by atoms with Crippen molar-refractivity contribution in [3.63, 3.8) is 0 Å². The average Bonchev–Trinajstić information content (AvgIpc) is 2.70. The van der Waals surface area contributed by atoms with Gasteiger partial charge < -0.3 is 24.6 Å².